The SMILES string of the molecule is CC(C)(CN)CN(Cc1ccccc1NC(=O)c1cccc(Cl)c1)C(=O)c1cc(F)cc(F)c1. The first-order chi connectivity index (χ1) is 16.1. The Balaban J connectivity index is 1.92. The third-order valence-corrected chi connectivity index (χ3v) is 5.52. The van der Waals surface area contributed by atoms with Crippen molar-refractivity contribution >= 4 is 29.1 Å². The molecule has 0 aromatic heterocycles. The Bertz CT molecular complexity index is 1180. The number of carbonyl (C=O) groups is 2. The van der Waals surface area contributed by atoms with Crippen molar-refractivity contribution in [1.82, 2.24) is 4.90 Å². The van der Waals surface area contributed by atoms with Crippen LogP contribution in [-0.2, 0) is 6.54 Å². The number of carbonyl (C=O) groups excluding carboxylic acids is 2. The van der Waals surface area contributed by atoms with E-state index in [9.17, 15) is 18.4 Å². The molecule has 0 spiro atoms. The Morgan fingerprint density at radius 3 is 2.29 bits per heavy atom. The third-order valence-electron chi connectivity index (χ3n) is 5.28. The molecular weight excluding hydrogens is 460 g/mol. The minimum Gasteiger partial charge on any atom is -0.334 e. The second kappa shape index (κ2) is 10.8. The van der Waals surface area contributed by atoms with Gasteiger partial charge in [0.1, 0.15) is 11.6 Å². The van der Waals surface area contributed by atoms with Crippen molar-refractivity contribution < 1.29 is 18.4 Å². The van der Waals surface area contributed by atoms with Crippen LogP contribution in [0, 0.1) is 17.0 Å². The molecule has 3 N–H and O–H groups in total. The van der Waals surface area contributed by atoms with Crippen LogP contribution >= 0.6 is 11.6 Å². The van der Waals surface area contributed by atoms with E-state index in [0.29, 0.717) is 34.4 Å². The number of rotatable bonds is 8. The van der Waals surface area contributed by atoms with Gasteiger partial charge in [0.25, 0.3) is 11.8 Å². The molecular formula is C26H26ClF2N3O2. The summed E-state index contributed by atoms with van der Waals surface area (Å²) in [6.45, 7) is 4.41. The number of nitrogens with one attached hydrogen (secondary N) is 1. The van der Waals surface area contributed by atoms with Gasteiger partial charge >= 0.3 is 0 Å². The average molecular weight is 486 g/mol. The molecule has 0 atom stereocenters. The molecule has 0 radical (unpaired) electrons. The van der Waals surface area contributed by atoms with Crippen molar-refractivity contribution in [2.75, 3.05) is 18.4 Å². The molecule has 0 saturated heterocycles. The first kappa shape index (κ1) is 25.3. The van der Waals surface area contributed by atoms with Gasteiger partial charge in [-0.2, -0.15) is 0 Å². The van der Waals surface area contributed by atoms with Gasteiger partial charge in [-0.05, 0) is 53.9 Å². The van der Waals surface area contributed by atoms with E-state index in [1.807, 2.05) is 13.8 Å². The van der Waals surface area contributed by atoms with Gasteiger partial charge in [0.15, 0.2) is 0 Å². The first-order valence-electron chi connectivity index (χ1n) is 10.7. The fourth-order valence-electron chi connectivity index (χ4n) is 3.45. The fourth-order valence-corrected chi connectivity index (χ4v) is 3.64. The van der Waals surface area contributed by atoms with Gasteiger partial charge in [0, 0.05) is 41.0 Å². The number of hydrogen-bond acceptors (Lipinski definition) is 3. The molecule has 0 unspecified atom stereocenters. The Kier molecular flexibility index (Phi) is 8.02. The van der Waals surface area contributed by atoms with Crippen LogP contribution < -0.4 is 11.1 Å². The minimum absolute atomic E-state index is 0.0897. The lowest BCUT2D eigenvalue weighted by Crippen LogP contribution is -2.42. The lowest BCUT2D eigenvalue weighted by atomic mass is 9.92. The Morgan fingerprint density at radius 2 is 1.65 bits per heavy atom. The summed E-state index contributed by atoms with van der Waals surface area (Å²) < 4.78 is 27.6. The highest BCUT2D eigenvalue weighted by Crippen LogP contribution is 2.24. The van der Waals surface area contributed by atoms with Crippen LogP contribution in [0.3, 0.4) is 0 Å². The first-order valence-corrected chi connectivity index (χ1v) is 11.1. The molecule has 3 aromatic rings. The number of hydrogen-bond donors (Lipinski definition) is 2. The molecule has 2 amide bonds. The zero-order chi connectivity index (χ0) is 24.9. The maximum absolute atomic E-state index is 13.8. The van der Waals surface area contributed by atoms with Crippen molar-refractivity contribution in [2.45, 2.75) is 20.4 Å². The van der Waals surface area contributed by atoms with Gasteiger partial charge < -0.3 is 16.0 Å². The van der Waals surface area contributed by atoms with Gasteiger partial charge in [-0.3, -0.25) is 9.59 Å². The summed E-state index contributed by atoms with van der Waals surface area (Å²) in [5.74, 6) is -2.58. The van der Waals surface area contributed by atoms with E-state index < -0.39 is 23.0 Å². The monoisotopic (exact) mass is 485 g/mol. The van der Waals surface area contributed by atoms with Crippen molar-refractivity contribution in [3.63, 3.8) is 0 Å². The number of anilines is 1. The summed E-state index contributed by atoms with van der Waals surface area (Å²) in [7, 11) is 0. The van der Waals surface area contributed by atoms with Crippen LogP contribution in [0.15, 0.2) is 66.7 Å². The smallest absolute Gasteiger partial charge is 0.255 e. The van der Waals surface area contributed by atoms with Gasteiger partial charge in [0.05, 0.1) is 0 Å². The normalized spacial score (nSPS) is 11.2. The standard InChI is InChI=1S/C26H26ClF2N3O2/c1-26(2,15-30)16-32(25(34)19-11-21(28)13-22(29)12-19)14-18-6-3-4-9-23(18)31-24(33)17-7-5-8-20(27)10-17/h3-13H,14-16,30H2,1-2H3,(H,31,33). The largest absolute Gasteiger partial charge is 0.334 e. The summed E-state index contributed by atoms with van der Waals surface area (Å²) in [6, 6.07) is 16.3. The Hall–Kier alpha value is -3.29. The van der Waals surface area contributed by atoms with Crippen LogP contribution in [0.1, 0.15) is 40.1 Å². The lowest BCUT2D eigenvalue weighted by molar-refractivity contribution is 0.0672. The molecule has 0 aliphatic carbocycles. The van der Waals surface area contributed by atoms with E-state index in [1.165, 1.54) is 4.90 Å². The van der Waals surface area contributed by atoms with E-state index in [4.69, 9.17) is 17.3 Å². The molecule has 8 heteroatoms. The number of para-hydroxylation sites is 1. The number of amides is 2. The van der Waals surface area contributed by atoms with Crippen molar-refractivity contribution in [3.8, 4) is 0 Å². The molecule has 0 bridgehead atoms. The highest BCUT2D eigenvalue weighted by Gasteiger charge is 2.26. The average Bonchev–Trinajstić information content (AvgIpc) is 2.78. The number of nitrogens with two attached hydrogens (primary N) is 1. The second-order valence-electron chi connectivity index (χ2n) is 8.81. The lowest BCUT2D eigenvalue weighted by Gasteiger charge is -2.32. The van der Waals surface area contributed by atoms with Gasteiger partial charge in [-0.15, -0.1) is 0 Å². The van der Waals surface area contributed by atoms with Crippen LogP contribution in [-0.4, -0.2) is 29.8 Å². The molecule has 0 aliphatic heterocycles. The van der Waals surface area contributed by atoms with E-state index in [-0.39, 0.29) is 24.6 Å². The predicted octanol–water partition coefficient (Wildman–Crippen LogP) is 5.50. The number of halogens is 3. The van der Waals surface area contributed by atoms with Gasteiger partial charge in [-0.25, -0.2) is 8.78 Å². The van der Waals surface area contributed by atoms with Gasteiger partial charge in [-0.1, -0.05) is 49.7 Å². The van der Waals surface area contributed by atoms with Gasteiger partial charge in [0.2, 0.25) is 0 Å². The molecule has 5 nitrogen and oxygen atoms in total. The summed E-state index contributed by atoms with van der Waals surface area (Å²) in [6.07, 6.45) is 0. The third kappa shape index (κ3) is 6.62. The number of nitrogens with zero attached hydrogens (tertiary/aromatic N) is 1. The highest BCUT2D eigenvalue weighted by molar-refractivity contribution is 6.31. The predicted molar refractivity (Wildman–Crippen MR) is 130 cm³/mol. The Morgan fingerprint density at radius 1 is 0.971 bits per heavy atom. The second-order valence-corrected chi connectivity index (χ2v) is 9.25. The molecule has 0 fully saturated rings. The summed E-state index contributed by atoms with van der Waals surface area (Å²) >= 11 is 5.99. The minimum atomic E-state index is -0.837. The molecule has 3 aromatic carbocycles. The summed E-state index contributed by atoms with van der Waals surface area (Å²) in [5.41, 5.74) is 6.85. The highest BCUT2D eigenvalue weighted by atomic mass is 35.5. The van der Waals surface area contributed by atoms with E-state index in [0.717, 1.165) is 12.1 Å². The van der Waals surface area contributed by atoms with Crippen molar-refractivity contribution in [3.05, 3.63) is 100 Å². The number of benzene rings is 3. The Labute approximate surface area is 202 Å². The van der Waals surface area contributed by atoms with Crippen LogP contribution in [0.2, 0.25) is 5.02 Å². The maximum Gasteiger partial charge on any atom is 0.255 e. The zero-order valence-electron chi connectivity index (χ0n) is 18.9. The molecule has 0 aliphatic rings. The zero-order valence-corrected chi connectivity index (χ0v) is 19.7. The molecule has 3 rings (SSSR count). The molecule has 0 heterocycles. The maximum atomic E-state index is 13.8. The quantitative estimate of drug-likeness (QED) is 0.442. The van der Waals surface area contributed by atoms with E-state index in [2.05, 4.69) is 5.32 Å². The van der Waals surface area contributed by atoms with Crippen LogP contribution in [0.4, 0.5) is 14.5 Å². The van der Waals surface area contributed by atoms with E-state index >= 15 is 0 Å². The summed E-state index contributed by atoms with van der Waals surface area (Å²) in [4.78, 5) is 27.5. The van der Waals surface area contributed by atoms with Crippen molar-refractivity contribution in [1.29, 1.82) is 0 Å². The molecule has 34 heavy (non-hydrogen) atoms. The molecule has 0 saturated carbocycles. The van der Waals surface area contributed by atoms with E-state index in [1.54, 1.807) is 48.5 Å². The molecule has 178 valence electrons. The van der Waals surface area contributed by atoms with Crippen molar-refractivity contribution in [2.24, 2.45) is 11.1 Å². The topological polar surface area (TPSA) is 75.4 Å². The summed E-state index contributed by atoms with van der Waals surface area (Å²) in [5, 5.41) is 3.29. The van der Waals surface area contributed by atoms with Crippen LogP contribution in [0.25, 0.3) is 0 Å². The van der Waals surface area contributed by atoms with Crippen LogP contribution in [0.5, 0.6) is 0 Å². The fraction of sp³-hybridized carbons (Fsp3) is 0.231.